The van der Waals surface area contributed by atoms with Crippen LogP contribution >= 0.6 is 16.8 Å². The van der Waals surface area contributed by atoms with Crippen molar-refractivity contribution in [3.63, 3.8) is 0 Å². The molecule has 6 aromatic carbocycles. The minimum Gasteiger partial charge on any atom is -0.435 e. The molecule has 0 saturated carbocycles. The van der Waals surface area contributed by atoms with Crippen LogP contribution < -0.4 is 28.7 Å². The summed E-state index contributed by atoms with van der Waals surface area (Å²) in [5, 5.41) is 2.16. The molecular formula is C47H46O4P2. The second kappa shape index (κ2) is 13.7. The van der Waals surface area contributed by atoms with Crippen molar-refractivity contribution in [1.82, 2.24) is 0 Å². The molecule has 0 bridgehead atoms. The quantitative estimate of drug-likeness (QED) is 0.160. The lowest BCUT2D eigenvalue weighted by molar-refractivity contribution is 0.490. The van der Waals surface area contributed by atoms with E-state index in [9.17, 15) is 0 Å². The van der Waals surface area contributed by atoms with Crippen LogP contribution in [0.3, 0.4) is 0 Å². The van der Waals surface area contributed by atoms with Crippen LogP contribution in [0, 0.1) is 13.8 Å². The largest absolute Gasteiger partial charge is 0.435 e. The van der Waals surface area contributed by atoms with E-state index in [0.717, 1.165) is 78.1 Å². The van der Waals surface area contributed by atoms with Gasteiger partial charge in [0.2, 0.25) is 0 Å². The van der Waals surface area contributed by atoms with E-state index in [4.69, 9.17) is 18.1 Å². The molecule has 53 heavy (non-hydrogen) atoms. The van der Waals surface area contributed by atoms with Gasteiger partial charge in [0, 0.05) is 17.5 Å². The second-order valence-electron chi connectivity index (χ2n) is 16.1. The topological polar surface area (TPSA) is 36.9 Å². The van der Waals surface area contributed by atoms with Crippen LogP contribution in [0.15, 0.2) is 121 Å². The lowest BCUT2D eigenvalue weighted by Gasteiger charge is -2.30. The van der Waals surface area contributed by atoms with Gasteiger partial charge in [0.1, 0.15) is 23.0 Å². The van der Waals surface area contributed by atoms with Gasteiger partial charge in [-0.05, 0) is 93.5 Å². The Morgan fingerprint density at radius 1 is 0.472 bits per heavy atom. The van der Waals surface area contributed by atoms with E-state index in [1.165, 1.54) is 11.1 Å². The highest BCUT2D eigenvalue weighted by atomic mass is 31.2. The summed E-state index contributed by atoms with van der Waals surface area (Å²) >= 11 is 0. The van der Waals surface area contributed by atoms with E-state index < -0.39 is 16.8 Å². The van der Waals surface area contributed by atoms with Crippen molar-refractivity contribution in [2.24, 2.45) is 0 Å². The van der Waals surface area contributed by atoms with Crippen LogP contribution in [0.25, 0.3) is 22.3 Å². The Morgan fingerprint density at radius 3 is 1.23 bits per heavy atom. The van der Waals surface area contributed by atoms with Gasteiger partial charge in [0.05, 0.1) is 10.6 Å². The van der Waals surface area contributed by atoms with E-state index in [-0.39, 0.29) is 10.8 Å². The Balaban J connectivity index is 1.24. The molecule has 2 aliphatic rings. The fourth-order valence-electron chi connectivity index (χ4n) is 7.13. The lowest BCUT2D eigenvalue weighted by Crippen LogP contribution is -2.19. The zero-order valence-corrected chi connectivity index (χ0v) is 33.6. The molecule has 0 aliphatic carbocycles. The molecule has 0 amide bonds. The van der Waals surface area contributed by atoms with Crippen LogP contribution in [-0.2, 0) is 17.3 Å². The van der Waals surface area contributed by atoms with Gasteiger partial charge in [0.25, 0.3) is 0 Å². The highest BCUT2D eigenvalue weighted by molar-refractivity contribution is 7.57. The van der Waals surface area contributed by atoms with Crippen molar-refractivity contribution in [2.75, 3.05) is 0 Å². The molecule has 2 aliphatic heterocycles. The van der Waals surface area contributed by atoms with Crippen molar-refractivity contribution in [2.45, 2.75) is 72.6 Å². The van der Waals surface area contributed by atoms with Gasteiger partial charge in [-0.2, -0.15) is 0 Å². The smallest absolute Gasteiger partial charge is 0.326 e. The summed E-state index contributed by atoms with van der Waals surface area (Å²) in [6.45, 7) is 17.9. The minimum absolute atomic E-state index is 0.0605. The molecule has 8 rings (SSSR count). The van der Waals surface area contributed by atoms with Crippen LogP contribution in [0.2, 0.25) is 0 Å². The van der Waals surface area contributed by atoms with Crippen molar-refractivity contribution >= 4 is 27.4 Å². The SMILES string of the molecule is Cc1cc(C(C)(C)C)cc(Cc2cc(C(C)(C)C)cc(C)c2OP2Oc3ccccc3-c3ccccc32)c1OP1Oc2ccccc2-c2ccccc21. The summed E-state index contributed by atoms with van der Waals surface area (Å²) in [7, 11) is -2.90. The van der Waals surface area contributed by atoms with E-state index in [0.29, 0.717) is 6.42 Å². The predicted octanol–water partition coefficient (Wildman–Crippen LogP) is 12.6. The Bertz CT molecular complexity index is 2180. The first kappa shape index (κ1) is 35.4. The number of aryl methyl sites for hydroxylation is 2. The maximum absolute atomic E-state index is 7.12. The van der Waals surface area contributed by atoms with Crippen molar-refractivity contribution in [1.29, 1.82) is 0 Å². The van der Waals surface area contributed by atoms with E-state index in [2.05, 4.69) is 152 Å². The Morgan fingerprint density at radius 2 is 0.830 bits per heavy atom. The third-order valence-corrected chi connectivity index (χ3v) is 13.1. The van der Waals surface area contributed by atoms with E-state index in [1.807, 2.05) is 24.3 Å². The lowest BCUT2D eigenvalue weighted by atomic mass is 9.82. The Hall–Kier alpha value is -4.62. The standard InChI is InChI=1S/C47H46O4P2/c1-30-25-34(46(3,4)5)28-32(44(30)50-52-42-23-15-11-19-38(42)36-17-9-13-21-40(36)48-52)27-33-29-35(47(6,7)8)26-31(2)45(33)51-53-43-24-16-12-20-39(43)37-18-10-14-22-41(37)49-53/h9-26,28-29H,27H2,1-8H3. The predicted molar refractivity (Wildman–Crippen MR) is 222 cm³/mol. The van der Waals surface area contributed by atoms with Gasteiger partial charge < -0.3 is 18.1 Å². The van der Waals surface area contributed by atoms with Crippen LogP contribution in [0.4, 0.5) is 0 Å². The molecule has 6 aromatic rings. The summed E-state index contributed by atoms with van der Waals surface area (Å²) in [5.74, 6) is 3.43. The van der Waals surface area contributed by atoms with E-state index in [1.54, 1.807) is 0 Å². The average molecular weight is 737 g/mol. The molecule has 268 valence electrons. The zero-order chi connectivity index (χ0) is 37.1. The van der Waals surface area contributed by atoms with Crippen LogP contribution in [0.5, 0.6) is 23.0 Å². The fraction of sp³-hybridized carbons (Fsp3) is 0.234. The molecule has 0 N–H and O–H groups in total. The van der Waals surface area contributed by atoms with Gasteiger partial charge >= 0.3 is 16.8 Å². The van der Waals surface area contributed by atoms with Gasteiger partial charge in [0.15, 0.2) is 0 Å². The summed E-state index contributed by atoms with van der Waals surface area (Å²) in [4.78, 5) is 0. The average Bonchev–Trinajstić information content (AvgIpc) is 3.13. The second-order valence-corrected chi connectivity index (χ2v) is 18.9. The normalized spacial score (nSPS) is 15.9. The highest BCUT2D eigenvalue weighted by Gasteiger charge is 2.33. The number of benzene rings is 6. The van der Waals surface area contributed by atoms with Gasteiger partial charge in [-0.25, -0.2) is 0 Å². The fourth-order valence-corrected chi connectivity index (χ4v) is 10.3. The maximum Gasteiger partial charge on any atom is 0.326 e. The van der Waals surface area contributed by atoms with Crippen molar-refractivity contribution in [3.8, 4) is 45.3 Å². The third-order valence-electron chi connectivity index (χ3n) is 10.1. The number of hydrogen-bond acceptors (Lipinski definition) is 4. The maximum atomic E-state index is 7.12. The number of para-hydroxylation sites is 2. The Kier molecular flexibility index (Phi) is 9.13. The number of rotatable bonds is 6. The molecular weight excluding hydrogens is 690 g/mol. The molecule has 2 heterocycles. The number of hydrogen-bond donors (Lipinski definition) is 0. The Labute approximate surface area is 317 Å². The molecule has 6 heteroatoms. The van der Waals surface area contributed by atoms with Gasteiger partial charge in [-0.3, -0.25) is 0 Å². The summed E-state index contributed by atoms with van der Waals surface area (Å²) in [5.41, 5.74) is 11.3. The van der Waals surface area contributed by atoms with Crippen molar-refractivity contribution in [3.05, 3.63) is 155 Å². The first-order valence-corrected chi connectivity index (χ1v) is 20.7. The zero-order valence-electron chi connectivity index (χ0n) is 31.8. The molecule has 0 saturated heterocycles. The molecule has 0 fully saturated rings. The summed E-state index contributed by atoms with van der Waals surface area (Å²) in [6.07, 6.45) is 0.614. The third kappa shape index (κ3) is 6.85. The molecule has 0 radical (unpaired) electrons. The molecule has 0 aromatic heterocycles. The number of fused-ring (bicyclic) bond motifs is 6. The van der Waals surface area contributed by atoms with Gasteiger partial charge in [-0.15, -0.1) is 0 Å². The van der Waals surface area contributed by atoms with Crippen LogP contribution in [-0.4, -0.2) is 0 Å². The highest BCUT2D eigenvalue weighted by Crippen LogP contribution is 2.53. The first-order valence-electron chi connectivity index (χ1n) is 18.3. The minimum atomic E-state index is -1.45. The van der Waals surface area contributed by atoms with Gasteiger partial charge in [-0.1, -0.05) is 139 Å². The van der Waals surface area contributed by atoms with Crippen molar-refractivity contribution < 1.29 is 18.1 Å². The summed E-state index contributed by atoms with van der Waals surface area (Å²) < 4.78 is 27.6. The molecule has 2 unspecified atom stereocenters. The van der Waals surface area contributed by atoms with Crippen LogP contribution in [0.1, 0.15) is 74.9 Å². The molecule has 4 nitrogen and oxygen atoms in total. The monoisotopic (exact) mass is 736 g/mol. The first-order chi connectivity index (χ1) is 25.3. The summed E-state index contributed by atoms with van der Waals surface area (Å²) in [6, 6.07) is 42.6. The molecule has 0 spiro atoms. The molecule has 2 atom stereocenters. The van der Waals surface area contributed by atoms with E-state index >= 15 is 0 Å².